The van der Waals surface area contributed by atoms with Crippen molar-refractivity contribution in [3.05, 3.63) is 48.5 Å². The van der Waals surface area contributed by atoms with Gasteiger partial charge in [-0.15, -0.1) is 0 Å². The zero-order valence-corrected chi connectivity index (χ0v) is 16.5. The van der Waals surface area contributed by atoms with Gasteiger partial charge in [0.2, 0.25) is 11.8 Å². The second-order valence-corrected chi connectivity index (χ2v) is 7.36. The predicted octanol–water partition coefficient (Wildman–Crippen LogP) is 3.11. The molecule has 3 N–H and O–H groups in total. The predicted molar refractivity (Wildman–Crippen MR) is 114 cm³/mol. The summed E-state index contributed by atoms with van der Waals surface area (Å²) in [7, 11) is 0. The Hall–Kier alpha value is -3.55. The van der Waals surface area contributed by atoms with Crippen LogP contribution in [0, 0.1) is 0 Å². The first kappa shape index (κ1) is 19.8. The number of hydrogen-bond donors (Lipinski definition) is 3. The van der Waals surface area contributed by atoms with Crippen molar-refractivity contribution in [2.75, 3.05) is 28.7 Å². The molecule has 0 atom stereocenters. The van der Waals surface area contributed by atoms with Crippen molar-refractivity contribution in [3.63, 3.8) is 0 Å². The van der Waals surface area contributed by atoms with Crippen LogP contribution in [0.3, 0.4) is 0 Å². The second-order valence-electron chi connectivity index (χ2n) is 7.36. The Morgan fingerprint density at radius 2 is 1.63 bits per heavy atom. The minimum absolute atomic E-state index is 0.0855. The molecule has 0 unspecified atom stereocenters. The van der Waals surface area contributed by atoms with E-state index >= 15 is 0 Å². The molecule has 8 heteroatoms. The molecule has 156 valence electrons. The van der Waals surface area contributed by atoms with Crippen LogP contribution in [0.15, 0.2) is 48.5 Å². The smallest absolute Gasteiger partial charge is 0.319 e. The molecule has 1 aliphatic heterocycles. The molecule has 8 nitrogen and oxygen atoms in total. The van der Waals surface area contributed by atoms with Gasteiger partial charge in [0.25, 0.3) is 0 Å². The Kier molecular flexibility index (Phi) is 5.83. The molecule has 0 radical (unpaired) electrons. The molecular weight excluding hydrogens is 384 g/mol. The number of para-hydroxylation sites is 2. The Morgan fingerprint density at radius 3 is 2.37 bits per heavy atom. The van der Waals surface area contributed by atoms with E-state index in [0.29, 0.717) is 30.3 Å². The standard InChI is InChI=1S/C22H24N4O4/c27-20(11-12-21(28)26-13-14-30-19-4-2-1-3-18(19)26)23-15-5-7-16(8-6-15)24-22(29)25-17-9-10-17/h1-8,17H,9-14H2,(H,23,27)(H2,24,25,29). The van der Waals surface area contributed by atoms with Crippen molar-refractivity contribution in [3.8, 4) is 5.75 Å². The summed E-state index contributed by atoms with van der Waals surface area (Å²) in [5.41, 5.74) is 1.99. The maximum atomic E-state index is 12.6. The summed E-state index contributed by atoms with van der Waals surface area (Å²) in [5.74, 6) is 0.334. The van der Waals surface area contributed by atoms with Crippen LogP contribution in [0.4, 0.5) is 21.9 Å². The van der Waals surface area contributed by atoms with Crippen molar-refractivity contribution in [2.45, 2.75) is 31.7 Å². The number of benzene rings is 2. The van der Waals surface area contributed by atoms with E-state index in [1.165, 1.54) is 0 Å². The van der Waals surface area contributed by atoms with Crippen molar-refractivity contribution in [2.24, 2.45) is 0 Å². The molecule has 2 aliphatic rings. The number of fused-ring (bicyclic) bond motifs is 1. The van der Waals surface area contributed by atoms with E-state index in [0.717, 1.165) is 18.5 Å². The highest BCUT2D eigenvalue weighted by atomic mass is 16.5. The molecule has 0 spiro atoms. The van der Waals surface area contributed by atoms with E-state index in [4.69, 9.17) is 4.74 Å². The highest BCUT2D eigenvalue weighted by Crippen LogP contribution is 2.31. The van der Waals surface area contributed by atoms with Crippen LogP contribution >= 0.6 is 0 Å². The van der Waals surface area contributed by atoms with Gasteiger partial charge in [0.1, 0.15) is 12.4 Å². The average molecular weight is 408 g/mol. The summed E-state index contributed by atoms with van der Waals surface area (Å²) >= 11 is 0. The number of rotatable bonds is 6. The average Bonchev–Trinajstić information content (AvgIpc) is 3.57. The van der Waals surface area contributed by atoms with E-state index in [1.54, 1.807) is 29.2 Å². The molecule has 1 fully saturated rings. The van der Waals surface area contributed by atoms with Gasteiger partial charge in [0.15, 0.2) is 0 Å². The third kappa shape index (κ3) is 5.08. The van der Waals surface area contributed by atoms with Crippen molar-refractivity contribution >= 4 is 34.9 Å². The first-order valence-corrected chi connectivity index (χ1v) is 10.1. The van der Waals surface area contributed by atoms with Crippen LogP contribution in [-0.2, 0) is 9.59 Å². The number of nitrogens with zero attached hydrogens (tertiary/aromatic N) is 1. The van der Waals surface area contributed by atoms with E-state index < -0.39 is 0 Å². The molecule has 0 aromatic heterocycles. The van der Waals surface area contributed by atoms with Crippen molar-refractivity contribution in [1.82, 2.24) is 5.32 Å². The Bertz CT molecular complexity index is 940. The molecule has 1 heterocycles. The minimum Gasteiger partial charge on any atom is -0.490 e. The lowest BCUT2D eigenvalue weighted by molar-refractivity contribution is -0.122. The van der Waals surface area contributed by atoms with Crippen molar-refractivity contribution < 1.29 is 19.1 Å². The number of carbonyl (C=O) groups is 3. The molecule has 1 saturated carbocycles. The Balaban J connectivity index is 1.25. The van der Waals surface area contributed by atoms with Crippen LogP contribution in [0.2, 0.25) is 0 Å². The lowest BCUT2D eigenvalue weighted by atomic mass is 10.2. The number of hydrogen-bond acceptors (Lipinski definition) is 4. The molecule has 4 rings (SSSR count). The third-order valence-electron chi connectivity index (χ3n) is 4.93. The number of anilines is 3. The van der Waals surface area contributed by atoms with Gasteiger partial charge in [0, 0.05) is 30.3 Å². The van der Waals surface area contributed by atoms with Gasteiger partial charge in [-0.25, -0.2) is 4.79 Å². The topological polar surface area (TPSA) is 99.8 Å². The molecule has 2 aromatic rings. The van der Waals surface area contributed by atoms with E-state index in [1.807, 2.05) is 24.3 Å². The molecule has 0 bridgehead atoms. The Labute approximate surface area is 174 Å². The fourth-order valence-electron chi connectivity index (χ4n) is 3.22. The van der Waals surface area contributed by atoms with Gasteiger partial charge in [-0.3, -0.25) is 9.59 Å². The van der Waals surface area contributed by atoms with Crippen LogP contribution in [0.1, 0.15) is 25.7 Å². The fourth-order valence-corrected chi connectivity index (χ4v) is 3.22. The number of urea groups is 1. The lowest BCUT2D eigenvalue weighted by Gasteiger charge is -2.29. The molecule has 0 saturated heterocycles. The summed E-state index contributed by atoms with van der Waals surface area (Å²) in [4.78, 5) is 38.3. The quantitative estimate of drug-likeness (QED) is 0.684. The lowest BCUT2D eigenvalue weighted by Crippen LogP contribution is -2.38. The van der Waals surface area contributed by atoms with Gasteiger partial charge in [-0.05, 0) is 49.2 Å². The molecule has 4 amide bonds. The van der Waals surface area contributed by atoms with Crippen LogP contribution in [0.25, 0.3) is 0 Å². The van der Waals surface area contributed by atoms with Gasteiger partial charge < -0.3 is 25.6 Å². The largest absolute Gasteiger partial charge is 0.490 e. The first-order chi connectivity index (χ1) is 14.6. The number of carbonyl (C=O) groups excluding carboxylic acids is 3. The summed E-state index contributed by atoms with van der Waals surface area (Å²) in [6.07, 6.45) is 2.25. The zero-order chi connectivity index (χ0) is 20.9. The highest BCUT2D eigenvalue weighted by molar-refractivity contribution is 5.99. The summed E-state index contributed by atoms with van der Waals surface area (Å²) < 4.78 is 5.56. The van der Waals surface area contributed by atoms with Gasteiger partial charge in [0.05, 0.1) is 12.2 Å². The van der Waals surface area contributed by atoms with E-state index in [-0.39, 0.29) is 36.7 Å². The van der Waals surface area contributed by atoms with E-state index in [9.17, 15) is 14.4 Å². The van der Waals surface area contributed by atoms with Crippen molar-refractivity contribution in [1.29, 1.82) is 0 Å². The highest BCUT2D eigenvalue weighted by Gasteiger charge is 2.24. The second kappa shape index (κ2) is 8.86. The molecular formula is C22H24N4O4. The van der Waals surface area contributed by atoms with Crippen LogP contribution in [-0.4, -0.2) is 37.0 Å². The van der Waals surface area contributed by atoms with E-state index in [2.05, 4.69) is 16.0 Å². The fraction of sp³-hybridized carbons (Fsp3) is 0.318. The van der Waals surface area contributed by atoms with Gasteiger partial charge in [-0.2, -0.15) is 0 Å². The van der Waals surface area contributed by atoms with Crippen LogP contribution < -0.4 is 25.6 Å². The van der Waals surface area contributed by atoms with Gasteiger partial charge in [-0.1, -0.05) is 12.1 Å². The number of amides is 4. The minimum atomic E-state index is -0.239. The summed E-state index contributed by atoms with van der Waals surface area (Å²) in [6, 6.07) is 14.3. The normalized spacial score (nSPS) is 14.9. The molecule has 30 heavy (non-hydrogen) atoms. The number of ether oxygens (including phenoxy) is 1. The maximum absolute atomic E-state index is 12.6. The molecule has 1 aliphatic carbocycles. The SMILES string of the molecule is O=C(CCC(=O)N1CCOc2ccccc21)Nc1ccc(NC(=O)NC2CC2)cc1. The zero-order valence-electron chi connectivity index (χ0n) is 16.5. The third-order valence-corrected chi connectivity index (χ3v) is 4.93. The molecule has 2 aromatic carbocycles. The first-order valence-electron chi connectivity index (χ1n) is 10.1. The van der Waals surface area contributed by atoms with Crippen LogP contribution in [0.5, 0.6) is 5.75 Å². The van der Waals surface area contributed by atoms with Gasteiger partial charge >= 0.3 is 6.03 Å². The monoisotopic (exact) mass is 408 g/mol. The Morgan fingerprint density at radius 1 is 0.933 bits per heavy atom. The summed E-state index contributed by atoms with van der Waals surface area (Å²) in [5, 5.41) is 8.38. The number of nitrogens with one attached hydrogen (secondary N) is 3. The summed E-state index contributed by atoms with van der Waals surface area (Å²) in [6.45, 7) is 0.911. The maximum Gasteiger partial charge on any atom is 0.319 e.